The number of sulfonamides is 1. The highest BCUT2D eigenvalue weighted by Crippen LogP contribution is 2.20. The van der Waals surface area contributed by atoms with E-state index in [1.807, 2.05) is 6.92 Å². The van der Waals surface area contributed by atoms with E-state index >= 15 is 0 Å². The predicted octanol–water partition coefficient (Wildman–Crippen LogP) is 2.37. The third-order valence-corrected chi connectivity index (χ3v) is 5.96. The minimum absolute atomic E-state index is 0.0174. The third kappa shape index (κ3) is 4.28. The van der Waals surface area contributed by atoms with Gasteiger partial charge in [0.1, 0.15) is 5.82 Å². The summed E-state index contributed by atoms with van der Waals surface area (Å²) in [4.78, 5) is 14.4. The van der Waals surface area contributed by atoms with E-state index in [1.165, 1.54) is 19.1 Å². The first-order valence-electron chi connectivity index (χ1n) is 8.68. The van der Waals surface area contributed by atoms with Crippen LogP contribution in [0.15, 0.2) is 47.4 Å². The van der Waals surface area contributed by atoms with Crippen LogP contribution in [0.5, 0.6) is 0 Å². The maximum absolute atomic E-state index is 13.4. The van der Waals surface area contributed by atoms with Crippen molar-refractivity contribution in [2.45, 2.75) is 24.8 Å². The van der Waals surface area contributed by atoms with Gasteiger partial charge in [0.05, 0.1) is 4.90 Å². The van der Waals surface area contributed by atoms with Gasteiger partial charge in [-0.1, -0.05) is 0 Å². The molecule has 1 amide bonds. The highest BCUT2D eigenvalue weighted by Gasteiger charge is 2.24. The Bertz CT molecular complexity index is 945. The molecule has 1 heterocycles. The van der Waals surface area contributed by atoms with E-state index in [0.29, 0.717) is 17.8 Å². The van der Waals surface area contributed by atoms with Gasteiger partial charge in [0.15, 0.2) is 0 Å². The summed E-state index contributed by atoms with van der Waals surface area (Å²) in [5.74, 6) is -0.536. The molecule has 0 spiro atoms. The smallest absolute Gasteiger partial charge is 0.261 e. The van der Waals surface area contributed by atoms with Gasteiger partial charge in [-0.15, -0.1) is 0 Å². The summed E-state index contributed by atoms with van der Waals surface area (Å²) < 4.78 is 40.7. The highest BCUT2D eigenvalue weighted by atomic mass is 32.2. The Balaban J connectivity index is 1.75. The second-order valence-electron chi connectivity index (χ2n) is 6.65. The predicted molar refractivity (Wildman–Crippen MR) is 102 cm³/mol. The van der Waals surface area contributed by atoms with Crippen molar-refractivity contribution in [2.24, 2.45) is 0 Å². The number of nitrogens with one attached hydrogen (secondary N) is 2. The summed E-state index contributed by atoms with van der Waals surface area (Å²) in [7, 11) is -3.84. The normalized spacial score (nSPS) is 17.6. The zero-order valence-corrected chi connectivity index (χ0v) is 16.0. The Morgan fingerprint density at radius 2 is 1.93 bits per heavy atom. The molecule has 1 aliphatic heterocycles. The Morgan fingerprint density at radius 3 is 2.56 bits per heavy atom. The number of aryl methyl sites for hydroxylation is 1. The van der Waals surface area contributed by atoms with Crippen LogP contribution in [-0.2, 0) is 10.0 Å². The van der Waals surface area contributed by atoms with Gasteiger partial charge in [-0.05, 0) is 61.9 Å². The highest BCUT2D eigenvalue weighted by molar-refractivity contribution is 7.92. The zero-order chi connectivity index (χ0) is 19.6. The fourth-order valence-corrected chi connectivity index (χ4v) is 4.13. The Hall–Kier alpha value is -2.45. The van der Waals surface area contributed by atoms with Crippen LogP contribution >= 0.6 is 0 Å². The summed E-state index contributed by atoms with van der Waals surface area (Å²) in [5, 5.41) is 3.23. The first-order valence-corrected chi connectivity index (χ1v) is 10.2. The molecule has 2 aromatic carbocycles. The number of anilines is 1. The molecule has 0 bridgehead atoms. The molecule has 1 atom stereocenters. The van der Waals surface area contributed by atoms with Gasteiger partial charge in [0.2, 0.25) is 0 Å². The molecule has 27 heavy (non-hydrogen) atoms. The molecule has 0 radical (unpaired) electrons. The van der Waals surface area contributed by atoms with Crippen LogP contribution in [0.4, 0.5) is 10.1 Å². The molecule has 0 saturated carbocycles. The average molecular weight is 391 g/mol. The third-order valence-electron chi connectivity index (χ3n) is 4.59. The van der Waals surface area contributed by atoms with Gasteiger partial charge < -0.3 is 10.2 Å². The lowest BCUT2D eigenvalue weighted by Crippen LogP contribution is -2.52. The van der Waals surface area contributed by atoms with Gasteiger partial charge >= 0.3 is 0 Å². The van der Waals surface area contributed by atoms with Crippen molar-refractivity contribution >= 4 is 21.6 Å². The van der Waals surface area contributed by atoms with E-state index in [4.69, 9.17) is 0 Å². The van der Waals surface area contributed by atoms with Gasteiger partial charge in [-0.3, -0.25) is 9.52 Å². The molecule has 3 rings (SSSR count). The van der Waals surface area contributed by atoms with Crippen molar-refractivity contribution < 1.29 is 17.6 Å². The van der Waals surface area contributed by atoms with Crippen molar-refractivity contribution in [3.63, 3.8) is 0 Å². The molecule has 1 saturated heterocycles. The number of carbonyl (C=O) groups is 1. The van der Waals surface area contributed by atoms with Crippen molar-refractivity contribution in [2.75, 3.05) is 24.4 Å². The molecule has 8 heteroatoms. The minimum atomic E-state index is -3.84. The second kappa shape index (κ2) is 7.66. The summed E-state index contributed by atoms with van der Waals surface area (Å²) in [5.41, 5.74) is 1.09. The molecule has 1 fully saturated rings. The maximum Gasteiger partial charge on any atom is 0.261 e. The van der Waals surface area contributed by atoms with Crippen LogP contribution in [0.25, 0.3) is 0 Å². The molecule has 6 nitrogen and oxygen atoms in total. The minimum Gasteiger partial charge on any atom is -0.333 e. The standard InChI is InChI=1S/C19H22FN3O3S/c1-13-11-17(7-8-18(13)20)27(25,26)22-16-5-3-15(4-6-16)19(24)23-10-9-21-12-14(23)2/h3-8,11,14,21-22H,9-10,12H2,1-2H3/t14-/m1/s1. The van der Waals surface area contributed by atoms with Crippen molar-refractivity contribution in [3.05, 3.63) is 59.4 Å². The number of carbonyl (C=O) groups excluding carboxylic acids is 1. The molecule has 144 valence electrons. The van der Waals surface area contributed by atoms with Crippen LogP contribution < -0.4 is 10.0 Å². The maximum atomic E-state index is 13.4. The molecule has 0 aromatic heterocycles. The topological polar surface area (TPSA) is 78.5 Å². The second-order valence-corrected chi connectivity index (χ2v) is 8.33. The lowest BCUT2D eigenvalue weighted by atomic mass is 10.1. The molecular weight excluding hydrogens is 369 g/mol. The average Bonchev–Trinajstić information content (AvgIpc) is 2.64. The SMILES string of the molecule is Cc1cc(S(=O)(=O)Nc2ccc(C(=O)N3CCNC[C@H]3C)cc2)ccc1F. The van der Waals surface area contributed by atoms with E-state index < -0.39 is 15.8 Å². The monoisotopic (exact) mass is 391 g/mol. The molecule has 2 aromatic rings. The quantitative estimate of drug-likeness (QED) is 0.839. The lowest BCUT2D eigenvalue weighted by molar-refractivity contribution is 0.0656. The first kappa shape index (κ1) is 19.3. The van der Waals surface area contributed by atoms with Crippen LogP contribution in [-0.4, -0.2) is 44.9 Å². The Morgan fingerprint density at radius 1 is 1.22 bits per heavy atom. The number of piperazine rings is 1. The van der Waals surface area contributed by atoms with Crippen LogP contribution in [0.2, 0.25) is 0 Å². The largest absolute Gasteiger partial charge is 0.333 e. The summed E-state index contributed by atoms with van der Waals surface area (Å²) >= 11 is 0. The van der Waals surface area contributed by atoms with E-state index in [0.717, 1.165) is 19.2 Å². The van der Waals surface area contributed by atoms with E-state index in [1.54, 1.807) is 29.2 Å². The van der Waals surface area contributed by atoms with Crippen molar-refractivity contribution in [1.82, 2.24) is 10.2 Å². The Labute approximate surface area is 158 Å². The zero-order valence-electron chi connectivity index (χ0n) is 15.2. The van der Waals surface area contributed by atoms with Gasteiger partial charge in [-0.25, -0.2) is 12.8 Å². The van der Waals surface area contributed by atoms with Crippen LogP contribution in [0.3, 0.4) is 0 Å². The molecule has 0 aliphatic carbocycles. The van der Waals surface area contributed by atoms with Gasteiger partial charge in [-0.2, -0.15) is 0 Å². The number of benzene rings is 2. The van der Waals surface area contributed by atoms with E-state index in [-0.39, 0.29) is 22.4 Å². The molecular formula is C19H22FN3O3S. The summed E-state index contributed by atoms with van der Waals surface area (Å²) in [6.45, 7) is 5.63. The van der Waals surface area contributed by atoms with E-state index in [9.17, 15) is 17.6 Å². The van der Waals surface area contributed by atoms with Crippen molar-refractivity contribution in [3.8, 4) is 0 Å². The number of halogens is 1. The molecule has 1 aliphatic rings. The van der Waals surface area contributed by atoms with Gasteiger partial charge in [0.25, 0.3) is 15.9 Å². The van der Waals surface area contributed by atoms with Gasteiger partial charge in [0, 0.05) is 36.9 Å². The fraction of sp³-hybridized carbons (Fsp3) is 0.316. The number of hydrogen-bond acceptors (Lipinski definition) is 4. The number of nitrogens with zero attached hydrogens (tertiary/aromatic N) is 1. The fourth-order valence-electron chi connectivity index (χ4n) is 2.99. The molecule has 0 unspecified atom stereocenters. The van der Waals surface area contributed by atoms with Crippen LogP contribution in [0.1, 0.15) is 22.8 Å². The first-order chi connectivity index (χ1) is 12.8. The lowest BCUT2D eigenvalue weighted by Gasteiger charge is -2.34. The van der Waals surface area contributed by atoms with Crippen molar-refractivity contribution in [1.29, 1.82) is 0 Å². The Kier molecular flexibility index (Phi) is 5.48. The van der Waals surface area contributed by atoms with Crippen LogP contribution in [0, 0.1) is 12.7 Å². The molecule has 2 N–H and O–H groups in total. The summed E-state index contributed by atoms with van der Waals surface area (Å²) in [6.07, 6.45) is 0. The summed E-state index contributed by atoms with van der Waals surface area (Å²) in [6, 6.07) is 10.0. The number of rotatable bonds is 4. The van der Waals surface area contributed by atoms with E-state index in [2.05, 4.69) is 10.0 Å². The number of amides is 1. The number of hydrogen-bond donors (Lipinski definition) is 2.